The Morgan fingerprint density at radius 3 is 2.18 bits per heavy atom. The summed E-state index contributed by atoms with van der Waals surface area (Å²) in [5.74, 6) is -0.951. The third-order valence-corrected chi connectivity index (χ3v) is 3.37. The Morgan fingerprint density at radius 1 is 1.23 bits per heavy atom. The minimum absolute atomic E-state index is 0.104. The molecule has 0 saturated carbocycles. The predicted octanol–water partition coefficient (Wildman–Crippen LogP) is 3.56. The molecular formula is C15H20F3NO3. The average Bonchev–Trinajstić information content (AvgIpc) is 2.37. The van der Waals surface area contributed by atoms with Crippen LogP contribution in [0.1, 0.15) is 37.8 Å². The van der Waals surface area contributed by atoms with E-state index < -0.39 is 35.9 Å². The predicted molar refractivity (Wildman–Crippen MR) is 75.8 cm³/mol. The van der Waals surface area contributed by atoms with Gasteiger partial charge in [0.1, 0.15) is 0 Å². The van der Waals surface area contributed by atoms with Crippen LogP contribution in [-0.4, -0.2) is 39.9 Å². The van der Waals surface area contributed by atoms with Crippen molar-refractivity contribution in [1.29, 1.82) is 0 Å². The lowest BCUT2D eigenvalue weighted by molar-refractivity contribution is -0.138. The van der Waals surface area contributed by atoms with E-state index in [2.05, 4.69) is 0 Å². The van der Waals surface area contributed by atoms with Crippen LogP contribution in [0.5, 0.6) is 0 Å². The standard InChI is InChI=1S/C15H20F3NO3/c1-14(2,3)19(13(21)22)8-10(9-20)11-6-4-5-7-12(11)15(16,17)18/h4-7,10,20H,8-9H2,1-3H3,(H,21,22). The van der Waals surface area contributed by atoms with Crippen LogP contribution in [0.3, 0.4) is 0 Å². The van der Waals surface area contributed by atoms with Gasteiger partial charge >= 0.3 is 12.3 Å². The van der Waals surface area contributed by atoms with Gasteiger partial charge in [0, 0.05) is 18.0 Å². The van der Waals surface area contributed by atoms with Crippen molar-refractivity contribution in [3.05, 3.63) is 35.4 Å². The van der Waals surface area contributed by atoms with Crippen molar-refractivity contribution in [2.75, 3.05) is 13.2 Å². The fourth-order valence-corrected chi connectivity index (χ4v) is 2.22. The van der Waals surface area contributed by atoms with Gasteiger partial charge in [-0.05, 0) is 32.4 Å². The van der Waals surface area contributed by atoms with Crippen molar-refractivity contribution >= 4 is 6.09 Å². The normalized spacial score (nSPS) is 13.8. The Hall–Kier alpha value is -1.76. The molecule has 0 bridgehead atoms. The molecule has 1 rings (SSSR count). The van der Waals surface area contributed by atoms with Crippen molar-refractivity contribution < 1.29 is 28.2 Å². The summed E-state index contributed by atoms with van der Waals surface area (Å²) < 4.78 is 39.2. The van der Waals surface area contributed by atoms with Crippen LogP contribution in [0.4, 0.5) is 18.0 Å². The SMILES string of the molecule is CC(C)(C)N(CC(CO)c1ccccc1C(F)(F)F)C(=O)O. The maximum Gasteiger partial charge on any atom is 0.416 e. The zero-order chi connectivity index (χ0) is 17.1. The van der Waals surface area contributed by atoms with E-state index >= 15 is 0 Å². The van der Waals surface area contributed by atoms with E-state index in [1.165, 1.54) is 18.2 Å². The molecule has 1 aromatic rings. The van der Waals surface area contributed by atoms with E-state index in [0.29, 0.717) is 0 Å². The molecule has 22 heavy (non-hydrogen) atoms. The zero-order valence-electron chi connectivity index (χ0n) is 12.7. The molecule has 1 amide bonds. The maximum atomic E-state index is 13.1. The molecule has 0 radical (unpaired) electrons. The number of rotatable bonds is 4. The highest BCUT2D eigenvalue weighted by molar-refractivity contribution is 5.66. The van der Waals surface area contributed by atoms with Crippen LogP contribution in [0.25, 0.3) is 0 Å². The van der Waals surface area contributed by atoms with Gasteiger partial charge < -0.3 is 15.1 Å². The molecule has 0 fully saturated rings. The van der Waals surface area contributed by atoms with E-state index in [4.69, 9.17) is 0 Å². The highest BCUT2D eigenvalue weighted by Gasteiger charge is 2.36. The monoisotopic (exact) mass is 319 g/mol. The fourth-order valence-electron chi connectivity index (χ4n) is 2.22. The molecule has 7 heteroatoms. The molecular weight excluding hydrogens is 299 g/mol. The third-order valence-electron chi connectivity index (χ3n) is 3.37. The second-order valence-corrected chi connectivity index (χ2v) is 6.03. The third kappa shape index (κ3) is 4.37. The van der Waals surface area contributed by atoms with E-state index in [1.807, 2.05) is 0 Å². The second-order valence-electron chi connectivity index (χ2n) is 6.03. The van der Waals surface area contributed by atoms with E-state index in [9.17, 15) is 28.2 Å². The fraction of sp³-hybridized carbons (Fsp3) is 0.533. The number of nitrogens with zero attached hydrogens (tertiary/aromatic N) is 1. The molecule has 0 saturated heterocycles. The molecule has 0 heterocycles. The van der Waals surface area contributed by atoms with Crippen LogP contribution < -0.4 is 0 Å². The molecule has 124 valence electrons. The largest absolute Gasteiger partial charge is 0.465 e. The van der Waals surface area contributed by atoms with Gasteiger partial charge in [0.15, 0.2) is 0 Å². The smallest absolute Gasteiger partial charge is 0.416 e. The number of aliphatic hydroxyl groups is 1. The number of aliphatic hydroxyl groups excluding tert-OH is 1. The van der Waals surface area contributed by atoms with Crippen LogP contribution in [0.15, 0.2) is 24.3 Å². The molecule has 0 aliphatic rings. The Labute approximate surface area is 127 Å². The van der Waals surface area contributed by atoms with Gasteiger partial charge in [0.05, 0.1) is 12.2 Å². The van der Waals surface area contributed by atoms with Crippen molar-refractivity contribution in [3.63, 3.8) is 0 Å². The first-order chi connectivity index (χ1) is 9.98. The minimum Gasteiger partial charge on any atom is -0.465 e. The number of benzene rings is 1. The summed E-state index contributed by atoms with van der Waals surface area (Å²) in [5, 5.41) is 18.7. The van der Waals surface area contributed by atoms with Gasteiger partial charge in [-0.1, -0.05) is 18.2 Å². The summed E-state index contributed by atoms with van der Waals surface area (Å²) in [6.07, 6.45) is -5.80. The number of amides is 1. The van der Waals surface area contributed by atoms with Crippen molar-refractivity contribution in [2.24, 2.45) is 0 Å². The van der Waals surface area contributed by atoms with Crippen LogP contribution in [0, 0.1) is 0 Å². The van der Waals surface area contributed by atoms with Gasteiger partial charge in [-0.2, -0.15) is 13.2 Å². The Balaban J connectivity index is 3.20. The quantitative estimate of drug-likeness (QED) is 0.892. The molecule has 4 nitrogen and oxygen atoms in total. The molecule has 2 N–H and O–H groups in total. The van der Waals surface area contributed by atoms with Crippen LogP contribution in [0.2, 0.25) is 0 Å². The van der Waals surface area contributed by atoms with Crippen molar-refractivity contribution in [2.45, 2.75) is 38.4 Å². The van der Waals surface area contributed by atoms with Crippen LogP contribution >= 0.6 is 0 Å². The summed E-state index contributed by atoms with van der Waals surface area (Å²) in [5.41, 5.74) is -1.74. The topological polar surface area (TPSA) is 60.8 Å². The van der Waals surface area contributed by atoms with Gasteiger partial charge in [-0.3, -0.25) is 0 Å². The van der Waals surface area contributed by atoms with Gasteiger partial charge in [0.25, 0.3) is 0 Å². The lowest BCUT2D eigenvalue weighted by Gasteiger charge is -2.36. The minimum atomic E-state index is -4.56. The number of hydrogen-bond acceptors (Lipinski definition) is 2. The summed E-state index contributed by atoms with van der Waals surface area (Å²) in [6.45, 7) is 4.14. The highest BCUT2D eigenvalue weighted by Crippen LogP contribution is 2.35. The first-order valence-electron chi connectivity index (χ1n) is 6.76. The van der Waals surface area contributed by atoms with E-state index in [1.54, 1.807) is 20.8 Å². The molecule has 1 unspecified atom stereocenters. The van der Waals surface area contributed by atoms with Crippen LogP contribution in [-0.2, 0) is 6.18 Å². The highest BCUT2D eigenvalue weighted by atomic mass is 19.4. The lowest BCUT2D eigenvalue weighted by Crippen LogP contribution is -2.47. The first kappa shape index (κ1) is 18.3. The number of hydrogen-bond donors (Lipinski definition) is 2. The molecule has 0 aromatic heterocycles. The van der Waals surface area contributed by atoms with E-state index in [-0.39, 0.29) is 12.1 Å². The van der Waals surface area contributed by atoms with E-state index in [0.717, 1.165) is 11.0 Å². The number of halogens is 3. The molecule has 1 atom stereocenters. The molecule has 0 aliphatic carbocycles. The molecule has 1 aromatic carbocycles. The van der Waals surface area contributed by atoms with Gasteiger partial charge in [-0.15, -0.1) is 0 Å². The van der Waals surface area contributed by atoms with Gasteiger partial charge in [-0.25, -0.2) is 4.79 Å². The Bertz CT molecular complexity index is 523. The Kier molecular flexibility index (Phi) is 5.45. The lowest BCUT2D eigenvalue weighted by atomic mass is 9.92. The number of carbonyl (C=O) groups is 1. The summed E-state index contributed by atoms with van der Waals surface area (Å²) in [6, 6.07) is 4.90. The van der Waals surface area contributed by atoms with Crippen molar-refractivity contribution in [1.82, 2.24) is 4.90 Å². The second kappa shape index (κ2) is 6.56. The molecule has 0 aliphatic heterocycles. The van der Waals surface area contributed by atoms with Crippen molar-refractivity contribution in [3.8, 4) is 0 Å². The van der Waals surface area contributed by atoms with Gasteiger partial charge in [0.2, 0.25) is 0 Å². The zero-order valence-corrected chi connectivity index (χ0v) is 12.7. The number of carboxylic acid groups (broad SMARTS) is 1. The summed E-state index contributed by atoms with van der Waals surface area (Å²) in [7, 11) is 0. The first-order valence-corrected chi connectivity index (χ1v) is 6.76. The maximum absolute atomic E-state index is 13.1. The number of alkyl halides is 3. The summed E-state index contributed by atoms with van der Waals surface area (Å²) in [4.78, 5) is 12.4. The Morgan fingerprint density at radius 2 is 1.77 bits per heavy atom. The summed E-state index contributed by atoms with van der Waals surface area (Å²) >= 11 is 0. The molecule has 0 spiro atoms. The average molecular weight is 319 g/mol.